The molecule has 0 radical (unpaired) electrons. The molecule has 0 aliphatic rings. The molecular formula is C16H18FNO. The quantitative estimate of drug-likeness (QED) is 0.908. The summed E-state index contributed by atoms with van der Waals surface area (Å²) >= 11 is 0. The fourth-order valence-electron chi connectivity index (χ4n) is 2.14. The lowest BCUT2D eigenvalue weighted by Gasteiger charge is -2.18. The Bertz CT molecular complexity index is 568. The Morgan fingerprint density at radius 2 is 1.84 bits per heavy atom. The minimum Gasteiger partial charge on any atom is -0.497 e. The van der Waals surface area contributed by atoms with Crippen LogP contribution in [0.5, 0.6) is 5.75 Å². The van der Waals surface area contributed by atoms with Crippen LogP contribution in [0.3, 0.4) is 0 Å². The number of rotatable bonds is 4. The molecule has 0 aliphatic heterocycles. The first-order chi connectivity index (χ1) is 9.15. The lowest BCUT2D eigenvalue weighted by molar-refractivity contribution is 0.414. The zero-order chi connectivity index (χ0) is 13.8. The Labute approximate surface area is 113 Å². The lowest BCUT2D eigenvalue weighted by Crippen LogP contribution is -2.18. The van der Waals surface area contributed by atoms with Gasteiger partial charge in [-0.25, -0.2) is 4.39 Å². The van der Waals surface area contributed by atoms with E-state index in [1.54, 1.807) is 26.2 Å². The molecule has 100 valence electrons. The second-order valence-electron chi connectivity index (χ2n) is 4.51. The van der Waals surface area contributed by atoms with Gasteiger partial charge in [0.25, 0.3) is 0 Å². The van der Waals surface area contributed by atoms with Crippen molar-refractivity contribution < 1.29 is 9.13 Å². The predicted molar refractivity (Wildman–Crippen MR) is 75.0 cm³/mol. The van der Waals surface area contributed by atoms with Gasteiger partial charge in [-0.15, -0.1) is 0 Å². The lowest BCUT2D eigenvalue weighted by atomic mass is 9.97. The fraction of sp³-hybridized carbons (Fsp3) is 0.250. The highest BCUT2D eigenvalue weighted by Gasteiger charge is 2.13. The normalized spacial score (nSPS) is 12.2. The van der Waals surface area contributed by atoms with E-state index in [-0.39, 0.29) is 11.9 Å². The van der Waals surface area contributed by atoms with Gasteiger partial charge < -0.3 is 10.1 Å². The molecule has 0 spiro atoms. The molecule has 0 aliphatic carbocycles. The maximum Gasteiger partial charge on any atom is 0.126 e. The van der Waals surface area contributed by atoms with Crippen LogP contribution in [-0.2, 0) is 0 Å². The van der Waals surface area contributed by atoms with E-state index in [4.69, 9.17) is 4.74 Å². The Balaban J connectivity index is 2.40. The number of hydrogen-bond acceptors (Lipinski definition) is 2. The summed E-state index contributed by atoms with van der Waals surface area (Å²) in [5.74, 6) is 0.617. The Morgan fingerprint density at radius 3 is 2.47 bits per heavy atom. The summed E-state index contributed by atoms with van der Waals surface area (Å²) in [6, 6.07) is 13.1. The highest BCUT2D eigenvalue weighted by Crippen LogP contribution is 2.26. The minimum atomic E-state index is -0.180. The van der Waals surface area contributed by atoms with E-state index >= 15 is 0 Å². The molecule has 3 heteroatoms. The van der Waals surface area contributed by atoms with Crippen LogP contribution in [-0.4, -0.2) is 14.2 Å². The molecule has 2 aromatic rings. The molecule has 0 saturated heterocycles. The van der Waals surface area contributed by atoms with Gasteiger partial charge in [-0.1, -0.05) is 24.3 Å². The molecule has 0 heterocycles. The van der Waals surface area contributed by atoms with Gasteiger partial charge in [0.1, 0.15) is 11.6 Å². The average Bonchev–Trinajstić information content (AvgIpc) is 2.44. The third-order valence-electron chi connectivity index (χ3n) is 3.25. The van der Waals surface area contributed by atoms with Crippen molar-refractivity contribution in [3.05, 3.63) is 65.0 Å². The van der Waals surface area contributed by atoms with Crippen LogP contribution in [0.15, 0.2) is 42.5 Å². The zero-order valence-electron chi connectivity index (χ0n) is 11.4. The van der Waals surface area contributed by atoms with Gasteiger partial charge in [-0.3, -0.25) is 0 Å². The van der Waals surface area contributed by atoms with Gasteiger partial charge in [0.05, 0.1) is 13.2 Å². The first kappa shape index (κ1) is 13.6. The van der Waals surface area contributed by atoms with Crippen molar-refractivity contribution in [3.8, 4) is 5.75 Å². The van der Waals surface area contributed by atoms with Gasteiger partial charge >= 0.3 is 0 Å². The Morgan fingerprint density at radius 1 is 1.11 bits per heavy atom. The summed E-state index contributed by atoms with van der Waals surface area (Å²) in [6.07, 6.45) is 0. The summed E-state index contributed by atoms with van der Waals surface area (Å²) in [4.78, 5) is 0. The van der Waals surface area contributed by atoms with Crippen LogP contribution >= 0.6 is 0 Å². The van der Waals surface area contributed by atoms with Crippen LogP contribution in [0.4, 0.5) is 4.39 Å². The summed E-state index contributed by atoms with van der Waals surface area (Å²) < 4.78 is 18.9. The summed E-state index contributed by atoms with van der Waals surface area (Å²) in [5.41, 5.74) is 2.60. The highest BCUT2D eigenvalue weighted by atomic mass is 19.1. The van der Waals surface area contributed by atoms with E-state index in [0.29, 0.717) is 5.56 Å². The predicted octanol–water partition coefficient (Wildman–Crippen LogP) is 3.45. The molecule has 0 fully saturated rings. The highest BCUT2D eigenvalue weighted by molar-refractivity contribution is 5.37. The number of hydrogen-bond donors (Lipinski definition) is 1. The van der Waals surface area contributed by atoms with E-state index in [1.807, 2.05) is 37.4 Å². The van der Waals surface area contributed by atoms with Crippen molar-refractivity contribution >= 4 is 0 Å². The number of benzene rings is 2. The third-order valence-corrected chi connectivity index (χ3v) is 3.25. The second-order valence-corrected chi connectivity index (χ2v) is 4.51. The van der Waals surface area contributed by atoms with Crippen molar-refractivity contribution in [3.63, 3.8) is 0 Å². The van der Waals surface area contributed by atoms with E-state index in [9.17, 15) is 4.39 Å². The number of methoxy groups -OCH3 is 1. The molecule has 2 aromatic carbocycles. The van der Waals surface area contributed by atoms with E-state index in [2.05, 4.69) is 5.32 Å². The zero-order valence-corrected chi connectivity index (χ0v) is 11.4. The molecule has 19 heavy (non-hydrogen) atoms. The van der Waals surface area contributed by atoms with Crippen molar-refractivity contribution in [2.24, 2.45) is 0 Å². The second kappa shape index (κ2) is 5.85. The van der Waals surface area contributed by atoms with Crippen LogP contribution in [0.25, 0.3) is 0 Å². The molecule has 0 saturated carbocycles. The van der Waals surface area contributed by atoms with Crippen molar-refractivity contribution in [2.75, 3.05) is 14.2 Å². The number of halogens is 1. The molecule has 1 N–H and O–H groups in total. The van der Waals surface area contributed by atoms with E-state index < -0.39 is 0 Å². The van der Waals surface area contributed by atoms with Gasteiger partial charge in [0, 0.05) is 0 Å². The monoisotopic (exact) mass is 259 g/mol. The fourth-order valence-corrected chi connectivity index (χ4v) is 2.14. The SMILES string of the molecule is CNC(c1cccc(OC)c1)c1ccc(C)c(F)c1. The van der Waals surface area contributed by atoms with Crippen molar-refractivity contribution in [1.82, 2.24) is 5.32 Å². The summed E-state index contributed by atoms with van der Waals surface area (Å²) in [7, 11) is 3.50. The maximum absolute atomic E-state index is 13.7. The number of aryl methyl sites for hydroxylation is 1. The van der Waals surface area contributed by atoms with E-state index in [0.717, 1.165) is 16.9 Å². The van der Waals surface area contributed by atoms with Crippen molar-refractivity contribution in [2.45, 2.75) is 13.0 Å². The van der Waals surface area contributed by atoms with Crippen LogP contribution in [0.2, 0.25) is 0 Å². The van der Waals surface area contributed by atoms with Crippen LogP contribution in [0, 0.1) is 12.7 Å². The molecule has 0 aromatic heterocycles. The van der Waals surface area contributed by atoms with Gasteiger partial charge in [-0.2, -0.15) is 0 Å². The summed E-state index contributed by atoms with van der Waals surface area (Å²) in [5, 5.41) is 3.21. The Hall–Kier alpha value is -1.87. The van der Waals surface area contributed by atoms with Crippen LogP contribution < -0.4 is 10.1 Å². The van der Waals surface area contributed by atoms with Crippen molar-refractivity contribution in [1.29, 1.82) is 0 Å². The smallest absolute Gasteiger partial charge is 0.126 e. The number of nitrogens with one attached hydrogen (secondary N) is 1. The molecule has 2 rings (SSSR count). The Kier molecular flexibility index (Phi) is 4.17. The molecule has 0 amide bonds. The standard InChI is InChI=1S/C16H18FNO/c1-11-7-8-13(10-15(11)17)16(18-2)12-5-4-6-14(9-12)19-3/h4-10,16,18H,1-3H3. The van der Waals surface area contributed by atoms with Crippen LogP contribution in [0.1, 0.15) is 22.7 Å². The molecule has 1 unspecified atom stereocenters. The first-order valence-corrected chi connectivity index (χ1v) is 6.23. The van der Waals surface area contributed by atoms with Gasteiger partial charge in [-0.05, 0) is 48.9 Å². The summed E-state index contributed by atoms with van der Waals surface area (Å²) in [6.45, 7) is 1.76. The van der Waals surface area contributed by atoms with Gasteiger partial charge in [0.2, 0.25) is 0 Å². The molecule has 0 bridgehead atoms. The third kappa shape index (κ3) is 2.93. The molecule has 2 nitrogen and oxygen atoms in total. The topological polar surface area (TPSA) is 21.3 Å². The first-order valence-electron chi connectivity index (χ1n) is 6.23. The average molecular weight is 259 g/mol. The minimum absolute atomic E-state index is 0.0507. The van der Waals surface area contributed by atoms with E-state index in [1.165, 1.54) is 0 Å². The molecule has 1 atom stereocenters. The largest absolute Gasteiger partial charge is 0.497 e. The maximum atomic E-state index is 13.7. The van der Waals surface area contributed by atoms with Gasteiger partial charge in [0.15, 0.2) is 0 Å². The molecular weight excluding hydrogens is 241 g/mol. The number of ether oxygens (including phenoxy) is 1.